The second-order valence-electron chi connectivity index (χ2n) is 7.48. The molecule has 1 saturated heterocycles. The van der Waals surface area contributed by atoms with Crippen molar-refractivity contribution in [2.24, 2.45) is 0 Å². The summed E-state index contributed by atoms with van der Waals surface area (Å²) in [5, 5.41) is 0. The van der Waals surface area contributed by atoms with E-state index in [1.54, 1.807) is 9.80 Å². The highest BCUT2D eigenvalue weighted by Gasteiger charge is 2.52. The Hall–Kier alpha value is -2.82. The van der Waals surface area contributed by atoms with E-state index in [1.165, 1.54) is 0 Å². The third-order valence-electron chi connectivity index (χ3n) is 5.72. The lowest BCUT2D eigenvalue weighted by atomic mass is 9.75. The Morgan fingerprint density at radius 1 is 1.15 bits per heavy atom. The van der Waals surface area contributed by atoms with E-state index in [-0.39, 0.29) is 18.4 Å². The number of anilines is 1. The zero-order valence-corrected chi connectivity index (χ0v) is 15.8. The molecule has 1 unspecified atom stereocenters. The minimum absolute atomic E-state index is 0.00911. The standard InChI is InChI=1S/C22H24N2O3/c1-16-8-10-17(11-9-16)27-14-20(25)24-13-5-12-22(15-24)18-6-3-4-7-19(18)23(2)21(22)26/h3-4,6-11H,5,12-15H2,1-2H3. The summed E-state index contributed by atoms with van der Waals surface area (Å²) in [4.78, 5) is 29.3. The average Bonchev–Trinajstić information content (AvgIpc) is 2.90. The van der Waals surface area contributed by atoms with Crippen molar-refractivity contribution in [1.82, 2.24) is 4.90 Å². The van der Waals surface area contributed by atoms with Crippen LogP contribution in [0.25, 0.3) is 0 Å². The summed E-state index contributed by atoms with van der Waals surface area (Å²) < 4.78 is 5.66. The summed E-state index contributed by atoms with van der Waals surface area (Å²) in [6, 6.07) is 15.6. The molecular formula is C22H24N2O3. The molecule has 2 aromatic carbocycles. The number of hydrogen-bond donors (Lipinski definition) is 0. The molecule has 2 aromatic rings. The van der Waals surface area contributed by atoms with E-state index in [2.05, 4.69) is 0 Å². The molecule has 0 saturated carbocycles. The van der Waals surface area contributed by atoms with Crippen molar-refractivity contribution in [3.63, 3.8) is 0 Å². The molecule has 2 amide bonds. The van der Waals surface area contributed by atoms with Crippen molar-refractivity contribution in [3.8, 4) is 5.75 Å². The lowest BCUT2D eigenvalue weighted by Gasteiger charge is -2.39. The third-order valence-corrected chi connectivity index (χ3v) is 5.72. The molecule has 5 heteroatoms. The molecule has 2 aliphatic rings. The zero-order valence-electron chi connectivity index (χ0n) is 15.8. The first-order valence-electron chi connectivity index (χ1n) is 9.36. The third kappa shape index (κ3) is 2.97. The van der Waals surface area contributed by atoms with Crippen LogP contribution in [0.2, 0.25) is 0 Å². The maximum Gasteiger partial charge on any atom is 0.260 e. The first kappa shape index (κ1) is 17.6. The van der Waals surface area contributed by atoms with Gasteiger partial charge in [-0.2, -0.15) is 0 Å². The zero-order chi connectivity index (χ0) is 19.0. The molecule has 0 aromatic heterocycles. The Balaban J connectivity index is 1.50. The van der Waals surface area contributed by atoms with Gasteiger partial charge in [-0.3, -0.25) is 9.59 Å². The number of likely N-dealkylation sites (N-methyl/N-ethyl adjacent to an activating group) is 1. The largest absolute Gasteiger partial charge is 0.484 e. The molecule has 27 heavy (non-hydrogen) atoms. The van der Waals surface area contributed by atoms with Gasteiger partial charge in [0, 0.05) is 25.8 Å². The van der Waals surface area contributed by atoms with Crippen LogP contribution < -0.4 is 9.64 Å². The van der Waals surface area contributed by atoms with Gasteiger partial charge in [0.15, 0.2) is 6.61 Å². The van der Waals surface area contributed by atoms with E-state index in [4.69, 9.17) is 4.74 Å². The molecule has 0 bridgehead atoms. The highest BCUT2D eigenvalue weighted by molar-refractivity contribution is 6.08. The number of rotatable bonds is 3. The normalized spacial score (nSPS) is 21.5. The number of aryl methyl sites for hydroxylation is 1. The Labute approximate surface area is 159 Å². The van der Waals surface area contributed by atoms with E-state index in [0.29, 0.717) is 18.8 Å². The summed E-state index contributed by atoms with van der Waals surface area (Å²) in [5.74, 6) is 0.692. The summed E-state index contributed by atoms with van der Waals surface area (Å²) in [7, 11) is 1.82. The average molecular weight is 364 g/mol. The number of likely N-dealkylation sites (tertiary alicyclic amines) is 1. The Bertz CT molecular complexity index is 877. The number of carbonyl (C=O) groups is 2. The quantitative estimate of drug-likeness (QED) is 0.841. The van der Waals surface area contributed by atoms with Gasteiger partial charge in [-0.05, 0) is 43.5 Å². The number of para-hydroxylation sites is 1. The van der Waals surface area contributed by atoms with Crippen molar-refractivity contribution in [2.45, 2.75) is 25.2 Å². The predicted molar refractivity (Wildman–Crippen MR) is 104 cm³/mol. The lowest BCUT2D eigenvalue weighted by molar-refractivity contribution is -0.137. The van der Waals surface area contributed by atoms with E-state index in [0.717, 1.165) is 29.7 Å². The fourth-order valence-corrected chi connectivity index (χ4v) is 4.25. The van der Waals surface area contributed by atoms with Crippen LogP contribution in [0.4, 0.5) is 5.69 Å². The SMILES string of the molecule is Cc1ccc(OCC(=O)N2CCCC3(C2)C(=O)N(C)c2ccccc23)cc1. The molecule has 2 aliphatic heterocycles. The molecule has 1 spiro atoms. The molecule has 5 nitrogen and oxygen atoms in total. The van der Waals surface area contributed by atoms with Gasteiger partial charge in [-0.15, -0.1) is 0 Å². The maximum atomic E-state index is 13.1. The summed E-state index contributed by atoms with van der Waals surface area (Å²) in [6.07, 6.45) is 1.58. The molecule has 1 fully saturated rings. The van der Waals surface area contributed by atoms with Gasteiger partial charge in [0.25, 0.3) is 5.91 Å². The monoisotopic (exact) mass is 364 g/mol. The number of piperidine rings is 1. The Morgan fingerprint density at radius 3 is 2.67 bits per heavy atom. The summed E-state index contributed by atoms with van der Waals surface area (Å²) >= 11 is 0. The Kier molecular flexibility index (Phi) is 4.38. The second-order valence-corrected chi connectivity index (χ2v) is 7.48. The van der Waals surface area contributed by atoms with Crippen LogP contribution in [-0.4, -0.2) is 43.5 Å². The summed E-state index contributed by atoms with van der Waals surface area (Å²) in [6.45, 7) is 3.08. The minimum Gasteiger partial charge on any atom is -0.484 e. The first-order chi connectivity index (χ1) is 13.0. The lowest BCUT2D eigenvalue weighted by Crippen LogP contribution is -2.53. The van der Waals surface area contributed by atoms with Crippen LogP contribution in [0.3, 0.4) is 0 Å². The topological polar surface area (TPSA) is 49.9 Å². The highest BCUT2D eigenvalue weighted by Crippen LogP contribution is 2.46. The number of carbonyl (C=O) groups excluding carboxylic acids is 2. The van der Waals surface area contributed by atoms with Crippen LogP contribution >= 0.6 is 0 Å². The second kappa shape index (κ2) is 6.72. The van der Waals surface area contributed by atoms with Crippen molar-refractivity contribution >= 4 is 17.5 Å². The number of nitrogens with zero attached hydrogens (tertiary/aromatic N) is 2. The molecule has 0 radical (unpaired) electrons. The van der Waals surface area contributed by atoms with Gasteiger partial charge in [-0.1, -0.05) is 35.9 Å². The van der Waals surface area contributed by atoms with E-state index in [1.807, 2.05) is 62.5 Å². The number of amides is 2. The van der Waals surface area contributed by atoms with Crippen molar-refractivity contribution in [2.75, 3.05) is 31.6 Å². The van der Waals surface area contributed by atoms with Crippen LogP contribution in [-0.2, 0) is 15.0 Å². The molecule has 140 valence electrons. The summed E-state index contributed by atoms with van der Waals surface area (Å²) in [5.41, 5.74) is 2.51. The van der Waals surface area contributed by atoms with Gasteiger partial charge in [0.05, 0.1) is 5.41 Å². The highest BCUT2D eigenvalue weighted by atomic mass is 16.5. The smallest absolute Gasteiger partial charge is 0.260 e. The number of fused-ring (bicyclic) bond motifs is 2. The number of ether oxygens (including phenoxy) is 1. The Morgan fingerprint density at radius 2 is 1.89 bits per heavy atom. The number of benzene rings is 2. The fourth-order valence-electron chi connectivity index (χ4n) is 4.25. The van der Waals surface area contributed by atoms with Crippen LogP contribution in [0, 0.1) is 6.92 Å². The van der Waals surface area contributed by atoms with Crippen molar-refractivity contribution < 1.29 is 14.3 Å². The maximum absolute atomic E-state index is 13.1. The molecule has 0 aliphatic carbocycles. The van der Waals surface area contributed by atoms with Gasteiger partial charge >= 0.3 is 0 Å². The van der Waals surface area contributed by atoms with Gasteiger partial charge < -0.3 is 14.5 Å². The molecule has 4 rings (SSSR count). The fraction of sp³-hybridized carbons (Fsp3) is 0.364. The molecule has 2 heterocycles. The van der Waals surface area contributed by atoms with Crippen LogP contribution in [0.15, 0.2) is 48.5 Å². The molecule has 0 N–H and O–H groups in total. The van der Waals surface area contributed by atoms with Crippen LogP contribution in [0.5, 0.6) is 5.75 Å². The van der Waals surface area contributed by atoms with Gasteiger partial charge in [0.1, 0.15) is 5.75 Å². The van der Waals surface area contributed by atoms with E-state index in [9.17, 15) is 9.59 Å². The molecule has 1 atom stereocenters. The van der Waals surface area contributed by atoms with Crippen molar-refractivity contribution in [1.29, 1.82) is 0 Å². The minimum atomic E-state index is -0.622. The predicted octanol–water partition coefficient (Wildman–Crippen LogP) is 2.91. The number of hydrogen-bond acceptors (Lipinski definition) is 3. The van der Waals surface area contributed by atoms with E-state index >= 15 is 0 Å². The first-order valence-corrected chi connectivity index (χ1v) is 9.36. The van der Waals surface area contributed by atoms with Crippen molar-refractivity contribution in [3.05, 3.63) is 59.7 Å². The van der Waals surface area contributed by atoms with E-state index < -0.39 is 5.41 Å². The van der Waals surface area contributed by atoms with Gasteiger partial charge in [-0.25, -0.2) is 0 Å². The van der Waals surface area contributed by atoms with Crippen LogP contribution in [0.1, 0.15) is 24.0 Å². The molecular weight excluding hydrogens is 340 g/mol. The van der Waals surface area contributed by atoms with Gasteiger partial charge in [0.2, 0.25) is 5.91 Å².